The zero-order chi connectivity index (χ0) is 11.5. The van der Waals surface area contributed by atoms with Gasteiger partial charge < -0.3 is 10.6 Å². The Hall–Kier alpha value is -1.06. The minimum Gasteiger partial charge on any atom is -0.325 e. The summed E-state index contributed by atoms with van der Waals surface area (Å²) >= 11 is 6.03. The van der Waals surface area contributed by atoms with E-state index in [1.807, 2.05) is 19.1 Å². The van der Waals surface area contributed by atoms with Gasteiger partial charge >= 0.3 is 0 Å². The Morgan fingerprint density at radius 1 is 1.56 bits per heavy atom. The molecule has 1 aliphatic heterocycles. The Labute approximate surface area is 100 Å². The lowest BCUT2D eigenvalue weighted by Crippen LogP contribution is -2.43. The van der Waals surface area contributed by atoms with Gasteiger partial charge in [-0.05, 0) is 37.6 Å². The second-order valence-corrected chi connectivity index (χ2v) is 4.62. The molecule has 0 bridgehead atoms. The molecule has 0 unspecified atom stereocenters. The van der Waals surface area contributed by atoms with Gasteiger partial charge in [-0.2, -0.15) is 0 Å². The maximum atomic E-state index is 11.7. The van der Waals surface area contributed by atoms with E-state index in [2.05, 4.69) is 10.6 Å². The van der Waals surface area contributed by atoms with Crippen LogP contribution >= 0.6 is 11.6 Å². The number of anilines is 1. The number of halogens is 1. The first-order chi connectivity index (χ1) is 7.66. The second kappa shape index (κ2) is 4.85. The van der Waals surface area contributed by atoms with Crippen molar-refractivity contribution in [1.29, 1.82) is 0 Å². The summed E-state index contributed by atoms with van der Waals surface area (Å²) < 4.78 is 0. The number of aryl methyl sites for hydroxylation is 1. The molecule has 16 heavy (non-hydrogen) atoms. The summed E-state index contributed by atoms with van der Waals surface area (Å²) in [7, 11) is 0. The van der Waals surface area contributed by atoms with Gasteiger partial charge in [-0.3, -0.25) is 4.79 Å². The Morgan fingerprint density at radius 2 is 2.31 bits per heavy atom. The fourth-order valence-corrected chi connectivity index (χ4v) is 2.00. The van der Waals surface area contributed by atoms with Gasteiger partial charge in [0.2, 0.25) is 5.91 Å². The highest BCUT2D eigenvalue weighted by molar-refractivity contribution is 6.33. The average Bonchev–Trinajstić information content (AvgIpc) is 2.18. The quantitative estimate of drug-likeness (QED) is 0.848. The van der Waals surface area contributed by atoms with Crippen LogP contribution in [0.25, 0.3) is 0 Å². The molecule has 1 aromatic carbocycles. The van der Waals surface area contributed by atoms with E-state index < -0.39 is 0 Å². The maximum absolute atomic E-state index is 11.7. The smallest absolute Gasteiger partial charge is 0.224 e. The van der Waals surface area contributed by atoms with Gasteiger partial charge in [-0.1, -0.05) is 23.7 Å². The first kappa shape index (κ1) is 11.4. The minimum absolute atomic E-state index is 0.0442. The molecule has 0 atom stereocenters. The zero-order valence-electron chi connectivity index (χ0n) is 9.22. The maximum Gasteiger partial charge on any atom is 0.224 e. The summed E-state index contributed by atoms with van der Waals surface area (Å²) in [5, 5.41) is 6.62. The summed E-state index contributed by atoms with van der Waals surface area (Å²) in [5.41, 5.74) is 1.73. The predicted octanol–water partition coefficient (Wildman–Crippen LogP) is 2.20. The van der Waals surface area contributed by atoms with Crippen LogP contribution in [0.1, 0.15) is 12.0 Å². The third-order valence-corrected chi connectivity index (χ3v) is 3.14. The molecule has 1 aliphatic rings. The number of hydrogen-bond acceptors (Lipinski definition) is 2. The van der Waals surface area contributed by atoms with Crippen molar-refractivity contribution in [2.24, 2.45) is 5.92 Å². The van der Waals surface area contributed by atoms with Crippen LogP contribution in [0, 0.1) is 12.8 Å². The molecule has 1 saturated heterocycles. The largest absolute Gasteiger partial charge is 0.325 e. The lowest BCUT2D eigenvalue weighted by Gasteiger charge is -2.26. The molecule has 0 radical (unpaired) electrons. The van der Waals surface area contributed by atoms with Gasteiger partial charge in [0.25, 0.3) is 0 Å². The molecular weight excluding hydrogens is 224 g/mol. The van der Waals surface area contributed by atoms with Crippen LogP contribution in [0.2, 0.25) is 5.02 Å². The van der Waals surface area contributed by atoms with E-state index in [4.69, 9.17) is 11.6 Å². The fraction of sp³-hybridized carbons (Fsp3) is 0.417. The summed E-state index contributed by atoms with van der Waals surface area (Å²) in [6, 6.07) is 5.60. The predicted molar refractivity (Wildman–Crippen MR) is 65.8 cm³/mol. The average molecular weight is 239 g/mol. The number of carbonyl (C=O) groups is 1. The van der Waals surface area contributed by atoms with Crippen molar-refractivity contribution in [1.82, 2.24) is 5.32 Å². The van der Waals surface area contributed by atoms with Gasteiger partial charge in [0.1, 0.15) is 0 Å². The molecule has 0 saturated carbocycles. The summed E-state index contributed by atoms with van der Waals surface area (Å²) in [6.45, 7) is 3.82. The lowest BCUT2D eigenvalue weighted by atomic mass is 9.99. The molecule has 86 valence electrons. The molecule has 2 N–H and O–H groups in total. The van der Waals surface area contributed by atoms with Crippen LogP contribution in [0.15, 0.2) is 18.2 Å². The van der Waals surface area contributed by atoms with Crippen LogP contribution in [0.5, 0.6) is 0 Å². The van der Waals surface area contributed by atoms with E-state index in [9.17, 15) is 4.79 Å². The van der Waals surface area contributed by atoms with Crippen molar-refractivity contribution in [3.8, 4) is 0 Å². The number of amides is 1. The Bertz CT molecular complexity index is 382. The Morgan fingerprint density at radius 3 is 2.88 bits per heavy atom. The number of rotatable bonds is 3. The number of hydrogen-bond donors (Lipinski definition) is 2. The molecule has 2 rings (SSSR count). The number of carbonyl (C=O) groups excluding carboxylic acids is 1. The highest BCUT2D eigenvalue weighted by Crippen LogP contribution is 2.25. The van der Waals surface area contributed by atoms with Gasteiger partial charge in [0, 0.05) is 6.42 Å². The summed E-state index contributed by atoms with van der Waals surface area (Å²) in [6.07, 6.45) is 0.567. The normalized spacial score (nSPS) is 15.6. The van der Waals surface area contributed by atoms with Gasteiger partial charge in [-0.15, -0.1) is 0 Å². The van der Waals surface area contributed by atoms with Crippen LogP contribution in [0.4, 0.5) is 5.69 Å². The second-order valence-electron chi connectivity index (χ2n) is 4.21. The fourth-order valence-electron chi connectivity index (χ4n) is 1.74. The molecule has 3 nitrogen and oxygen atoms in total. The SMILES string of the molecule is Cc1cccc(Cl)c1NC(=O)CC1CNC1. The van der Waals surface area contributed by atoms with Crippen LogP contribution in [0.3, 0.4) is 0 Å². The van der Waals surface area contributed by atoms with Crippen molar-refractivity contribution in [2.75, 3.05) is 18.4 Å². The van der Waals surface area contributed by atoms with E-state index in [0.717, 1.165) is 24.3 Å². The summed E-state index contributed by atoms with van der Waals surface area (Å²) in [4.78, 5) is 11.7. The van der Waals surface area contributed by atoms with Crippen LogP contribution in [-0.2, 0) is 4.79 Å². The van der Waals surface area contributed by atoms with Crippen molar-refractivity contribution in [2.45, 2.75) is 13.3 Å². The molecule has 4 heteroatoms. The van der Waals surface area contributed by atoms with Gasteiger partial charge in [0.05, 0.1) is 10.7 Å². The van der Waals surface area contributed by atoms with Crippen molar-refractivity contribution in [3.63, 3.8) is 0 Å². The van der Waals surface area contributed by atoms with E-state index in [1.54, 1.807) is 6.07 Å². The molecule has 1 aromatic rings. The summed E-state index contributed by atoms with van der Waals surface area (Å²) in [5.74, 6) is 0.519. The zero-order valence-corrected chi connectivity index (χ0v) is 9.97. The topological polar surface area (TPSA) is 41.1 Å². The third-order valence-electron chi connectivity index (χ3n) is 2.83. The molecule has 0 aliphatic carbocycles. The van der Waals surface area contributed by atoms with Crippen molar-refractivity contribution in [3.05, 3.63) is 28.8 Å². The van der Waals surface area contributed by atoms with Crippen molar-refractivity contribution >= 4 is 23.2 Å². The first-order valence-electron chi connectivity index (χ1n) is 5.42. The van der Waals surface area contributed by atoms with Crippen molar-refractivity contribution < 1.29 is 4.79 Å². The minimum atomic E-state index is 0.0442. The van der Waals surface area contributed by atoms with E-state index >= 15 is 0 Å². The molecule has 1 amide bonds. The Kier molecular flexibility index (Phi) is 3.46. The highest BCUT2D eigenvalue weighted by atomic mass is 35.5. The van der Waals surface area contributed by atoms with E-state index in [0.29, 0.717) is 17.4 Å². The monoisotopic (exact) mass is 238 g/mol. The molecular formula is C12H15ClN2O. The van der Waals surface area contributed by atoms with Gasteiger partial charge in [0.15, 0.2) is 0 Å². The van der Waals surface area contributed by atoms with Crippen LogP contribution in [-0.4, -0.2) is 19.0 Å². The number of para-hydroxylation sites is 1. The highest BCUT2D eigenvalue weighted by Gasteiger charge is 2.20. The standard InChI is InChI=1S/C12H15ClN2O/c1-8-3-2-4-10(13)12(8)15-11(16)5-9-6-14-7-9/h2-4,9,14H,5-7H2,1H3,(H,15,16). The molecule has 1 heterocycles. The van der Waals surface area contributed by atoms with E-state index in [1.165, 1.54) is 0 Å². The number of benzene rings is 1. The molecule has 0 aromatic heterocycles. The lowest BCUT2D eigenvalue weighted by molar-refractivity contribution is -0.117. The number of nitrogens with one attached hydrogen (secondary N) is 2. The molecule has 0 spiro atoms. The van der Waals surface area contributed by atoms with E-state index in [-0.39, 0.29) is 5.91 Å². The molecule has 1 fully saturated rings. The first-order valence-corrected chi connectivity index (χ1v) is 5.80. The van der Waals surface area contributed by atoms with Gasteiger partial charge in [-0.25, -0.2) is 0 Å². The third kappa shape index (κ3) is 2.54. The Balaban J connectivity index is 1.99. The van der Waals surface area contributed by atoms with Crippen LogP contribution < -0.4 is 10.6 Å².